The number of anilines is 1. The van der Waals surface area contributed by atoms with Crippen molar-refractivity contribution in [3.8, 4) is 0 Å². The molecule has 1 amide bonds. The molecule has 1 fully saturated rings. The zero-order valence-corrected chi connectivity index (χ0v) is 15.8. The molecule has 0 radical (unpaired) electrons. The average Bonchev–Trinajstić information content (AvgIpc) is 3.07. The van der Waals surface area contributed by atoms with Crippen molar-refractivity contribution in [2.45, 2.75) is 56.2 Å². The van der Waals surface area contributed by atoms with Crippen LogP contribution in [0, 0.1) is 0 Å². The number of thioether (sulfide) groups is 1. The minimum Gasteiger partial charge on any atom is -0.310 e. The molecule has 1 aliphatic carbocycles. The molecule has 3 heterocycles. The number of nitrogens with zero attached hydrogens (tertiary/aromatic N) is 3. The number of fused-ring (bicyclic) bond motifs is 1. The zero-order chi connectivity index (χ0) is 18.1. The van der Waals surface area contributed by atoms with Crippen LogP contribution in [0.15, 0.2) is 17.2 Å². The number of carbonyl (C=O) groups is 1. The van der Waals surface area contributed by atoms with Gasteiger partial charge in [-0.15, -0.1) is 11.8 Å². The highest BCUT2D eigenvalue weighted by molar-refractivity contribution is 8.00. The van der Waals surface area contributed by atoms with Gasteiger partial charge in [-0.25, -0.2) is 0 Å². The first-order valence-electron chi connectivity index (χ1n) is 9.38. The van der Waals surface area contributed by atoms with Crippen LogP contribution in [0.3, 0.4) is 0 Å². The highest BCUT2D eigenvalue weighted by atomic mass is 32.2. The van der Waals surface area contributed by atoms with Crippen molar-refractivity contribution in [2.75, 3.05) is 11.1 Å². The SMILES string of the molecule is Cn1cc([C@@H]2SCC(=O)Nc3c2c(=O)[nH]n3C2CCCCCCC2)cn1. The fraction of sp³-hybridized carbons (Fsp3) is 0.611. The topological polar surface area (TPSA) is 84.7 Å². The van der Waals surface area contributed by atoms with Crippen LogP contribution in [0.25, 0.3) is 0 Å². The third kappa shape index (κ3) is 3.34. The van der Waals surface area contributed by atoms with Gasteiger partial charge in [-0.05, 0) is 12.8 Å². The third-order valence-electron chi connectivity index (χ3n) is 5.33. The number of carbonyl (C=O) groups excluding carboxylic acids is 1. The van der Waals surface area contributed by atoms with E-state index in [4.69, 9.17) is 0 Å². The maximum Gasteiger partial charge on any atom is 0.270 e. The molecule has 8 heteroatoms. The smallest absolute Gasteiger partial charge is 0.270 e. The molecule has 1 saturated carbocycles. The van der Waals surface area contributed by atoms with Crippen molar-refractivity contribution >= 4 is 23.5 Å². The Morgan fingerprint density at radius 3 is 2.58 bits per heavy atom. The number of H-pyrrole nitrogens is 1. The lowest BCUT2D eigenvalue weighted by Crippen LogP contribution is -2.20. The van der Waals surface area contributed by atoms with Gasteiger partial charge in [-0.3, -0.25) is 24.1 Å². The average molecular weight is 375 g/mol. The molecule has 2 aliphatic rings. The number of aromatic nitrogens is 4. The Kier molecular flexibility index (Phi) is 4.93. The fourth-order valence-electron chi connectivity index (χ4n) is 4.05. The van der Waals surface area contributed by atoms with Crippen LogP contribution in [0.1, 0.15) is 67.4 Å². The molecule has 140 valence electrons. The highest BCUT2D eigenvalue weighted by Gasteiger charge is 2.32. The lowest BCUT2D eigenvalue weighted by Gasteiger charge is -2.23. The molecule has 2 N–H and O–H groups in total. The van der Waals surface area contributed by atoms with E-state index >= 15 is 0 Å². The molecule has 0 unspecified atom stereocenters. The lowest BCUT2D eigenvalue weighted by atomic mass is 9.97. The van der Waals surface area contributed by atoms with Crippen LogP contribution in [-0.4, -0.2) is 31.2 Å². The first-order chi connectivity index (χ1) is 12.6. The van der Waals surface area contributed by atoms with Crippen molar-refractivity contribution in [1.29, 1.82) is 0 Å². The number of nitrogens with one attached hydrogen (secondary N) is 2. The second-order valence-corrected chi connectivity index (χ2v) is 8.35. The molecule has 26 heavy (non-hydrogen) atoms. The van der Waals surface area contributed by atoms with Gasteiger partial charge in [0.05, 0.1) is 28.8 Å². The number of aryl methyl sites for hydroxylation is 1. The van der Waals surface area contributed by atoms with Crippen molar-refractivity contribution in [2.24, 2.45) is 7.05 Å². The molecule has 0 bridgehead atoms. The van der Waals surface area contributed by atoms with Gasteiger partial charge < -0.3 is 5.32 Å². The van der Waals surface area contributed by atoms with Crippen molar-refractivity contribution in [3.05, 3.63) is 33.9 Å². The van der Waals surface area contributed by atoms with Gasteiger partial charge in [-0.2, -0.15) is 5.10 Å². The first-order valence-corrected chi connectivity index (χ1v) is 10.4. The molecular formula is C18H25N5O2S. The van der Waals surface area contributed by atoms with Crippen LogP contribution >= 0.6 is 11.8 Å². The van der Waals surface area contributed by atoms with E-state index in [1.807, 2.05) is 17.9 Å². The molecule has 2 aromatic rings. The Hall–Kier alpha value is -1.96. The van der Waals surface area contributed by atoms with Gasteiger partial charge in [-0.1, -0.05) is 32.1 Å². The molecule has 0 aromatic carbocycles. The summed E-state index contributed by atoms with van der Waals surface area (Å²) in [6.07, 6.45) is 11.9. The van der Waals surface area contributed by atoms with Gasteiger partial charge >= 0.3 is 0 Å². The summed E-state index contributed by atoms with van der Waals surface area (Å²) < 4.78 is 3.67. The van der Waals surface area contributed by atoms with E-state index in [1.54, 1.807) is 10.9 Å². The summed E-state index contributed by atoms with van der Waals surface area (Å²) in [6, 6.07) is 0.240. The van der Waals surface area contributed by atoms with Crippen molar-refractivity contribution < 1.29 is 4.79 Å². The minimum atomic E-state index is -0.184. The highest BCUT2D eigenvalue weighted by Crippen LogP contribution is 2.41. The standard InChI is InChI=1S/C18H25N5O2S/c1-22-10-12(9-19-22)16-15-17(20-14(24)11-26-16)23(21-18(15)25)13-7-5-3-2-4-6-8-13/h9-10,13,16H,2-8,11H2,1H3,(H,20,24)(H,21,25)/t16-/m0/s1. The molecule has 1 atom stereocenters. The number of rotatable bonds is 2. The molecule has 0 spiro atoms. The summed E-state index contributed by atoms with van der Waals surface area (Å²) >= 11 is 1.48. The number of amides is 1. The summed E-state index contributed by atoms with van der Waals surface area (Å²) in [5, 5.41) is 10.1. The number of hydrogen-bond donors (Lipinski definition) is 2. The summed E-state index contributed by atoms with van der Waals surface area (Å²) in [7, 11) is 1.86. The Labute approximate surface area is 156 Å². The van der Waals surface area contributed by atoms with Gasteiger partial charge in [0.15, 0.2) is 0 Å². The molecule has 0 saturated heterocycles. The Bertz CT molecular complexity index is 844. The van der Waals surface area contributed by atoms with Gasteiger partial charge in [0.2, 0.25) is 5.91 Å². The van der Waals surface area contributed by atoms with Crippen LogP contribution in [0.4, 0.5) is 5.82 Å². The Morgan fingerprint density at radius 1 is 1.15 bits per heavy atom. The van der Waals surface area contributed by atoms with E-state index in [0.717, 1.165) is 31.2 Å². The van der Waals surface area contributed by atoms with Gasteiger partial charge in [0.1, 0.15) is 5.82 Å². The molecule has 4 rings (SSSR count). The molecule has 2 aromatic heterocycles. The first kappa shape index (κ1) is 17.5. The Morgan fingerprint density at radius 2 is 1.88 bits per heavy atom. The molecule has 1 aliphatic heterocycles. The summed E-state index contributed by atoms with van der Waals surface area (Å²) in [6.45, 7) is 0. The van der Waals surface area contributed by atoms with Crippen LogP contribution < -0.4 is 10.9 Å². The van der Waals surface area contributed by atoms with Crippen molar-refractivity contribution in [1.82, 2.24) is 19.6 Å². The third-order valence-corrected chi connectivity index (χ3v) is 6.60. The number of hydrogen-bond acceptors (Lipinski definition) is 4. The summed E-state index contributed by atoms with van der Waals surface area (Å²) in [4.78, 5) is 25.2. The second kappa shape index (κ2) is 7.34. The maximum atomic E-state index is 12.9. The number of aromatic amines is 1. The van der Waals surface area contributed by atoms with E-state index in [1.165, 1.54) is 31.0 Å². The monoisotopic (exact) mass is 375 g/mol. The summed E-state index contributed by atoms with van der Waals surface area (Å²) in [5.74, 6) is 0.934. The van der Waals surface area contributed by atoms with E-state index in [9.17, 15) is 9.59 Å². The van der Waals surface area contributed by atoms with E-state index < -0.39 is 0 Å². The minimum absolute atomic E-state index is 0.0544. The van der Waals surface area contributed by atoms with Gasteiger partial charge in [0.25, 0.3) is 5.56 Å². The predicted molar refractivity (Wildman–Crippen MR) is 103 cm³/mol. The normalized spacial score (nSPS) is 22.2. The second-order valence-electron chi connectivity index (χ2n) is 7.26. The molecule has 7 nitrogen and oxygen atoms in total. The quantitative estimate of drug-likeness (QED) is 0.845. The largest absolute Gasteiger partial charge is 0.310 e. The molecular weight excluding hydrogens is 350 g/mol. The Balaban J connectivity index is 1.77. The van der Waals surface area contributed by atoms with Gasteiger partial charge in [0, 0.05) is 18.8 Å². The zero-order valence-electron chi connectivity index (χ0n) is 15.0. The maximum absolute atomic E-state index is 12.9. The van der Waals surface area contributed by atoms with E-state index in [2.05, 4.69) is 15.5 Å². The van der Waals surface area contributed by atoms with Crippen molar-refractivity contribution in [3.63, 3.8) is 0 Å². The van der Waals surface area contributed by atoms with Crippen LogP contribution in [0.5, 0.6) is 0 Å². The summed E-state index contributed by atoms with van der Waals surface area (Å²) in [5.41, 5.74) is 1.50. The lowest BCUT2D eigenvalue weighted by molar-refractivity contribution is -0.113. The predicted octanol–water partition coefficient (Wildman–Crippen LogP) is 2.97. The van der Waals surface area contributed by atoms with Crippen LogP contribution in [0.2, 0.25) is 0 Å². The fourth-order valence-corrected chi connectivity index (χ4v) is 5.14. The van der Waals surface area contributed by atoms with E-state index in [0.29, 0.717) is 17.1 Å². The van der Waals surface area contributed by atoms with E-state index in [-0.39, 0.29) is 22.8 Å². The van der Waals surface area contributed by atoms with Crippen LogP contribution in [-0.2, 0) is 11.8 Å².